The van der Waals surface area contributed by atoms with Crippen LogP contribution >= 0.6 is 27.7 Å². The normalized spacial score (nSPS) is 16.9. The number of hydrogen-bond acceptors (Lipinski definition) is 5. The van der Waals surface area contributed by atoms with Gasteiger partial charge in [0.25, 0.3) is 5.91 Å². The van der Waals surface area contributed by atoms with Crippen molar-refractivity contribution in [2.45, 2.75) is 13.8 Å². The SMILES string of the molecule is CCN1C(=O)/C(=C\c2cc(Br)c(OC)cc2OC)SC1=Nc1ccc(C)cc1. The lowest BCUT2D eigenvalue weighted by molar-refractivity contribution is -0.122. The topological polar surface area (TPSA) is 51.1 Å². The molecule has 146 valence electrons. The lowest BCUT2D eigenvalue weighted by Crippen LogP contribution is -2.28. The van der Waals surface area contributed by atoms with Gasteiger partial charge in [0.15, 0.2) is 5.17 Å². The zero-order chi connectivity index (χ0) is 20.3. The summed E-state index contributed by atoms with van der Waals surface area (Å²) in [7, 11) is 3.19. The third-order valence-corrected chi connectivity index (χ3v) is 5.88. The molecule has 0 unspecified atom stereocenters. The van der Waals surface area contributed by atoms with Gasteiger partial charge in [0.05, 0.1) is 29.3 Å². The zero-order valence-electron chi connectivity index (χ0n) is 16.2. The summed E-state index contributed by atoms with van der Waals surface area (Å²) in [5.74, 6) is 1.24. The van der Waals surface area contributed by atoms with Gasteiger partial charge in [-0.25, -0.2) is 4.99 Å². The van der Waals surface area contributed by atoms with Crippen molar-refractivity contribution in [2.24, 2.45) is 4.99 Å². The van der Waals surface area contributed by atoms with Crippen molar-refractivity contribution < 1.29 is 14.3 Å². The number of carbonyl (C=O) groups is 1. The number of aliphatic imine (C=N–C) groups is 1. The fraction of sp³-hybridized carbons (Fsp3) is 0.238. The van der Waals surface area contributed by atoms with Crippen LogP contribution in [-0.4, -0.2) is 36.7 Å². The smallest absolute Gasteiger partial charge is 0.266 e. The molecule has 2 aromatic carbocycles. The molecule has 7 heteroatoms. The minimum atomic E-state index is -0.0626. The van der Waals surface area contributed by atoms with Gasteiger partial charge in [-0.1, -0.05) is 17.7 Å². The quantitative estimate of drug-likeness (QED) is 0.560. The number of likely N-dealkylation sites (N-methyl/N-ethyl adjacent to an activating group) is 1. The number of amides is 1. The first-order valence-electron chi connectivity index (χ1n) is 8.75. The maximum Gasteiger partial charge on any atom is 0.266 e. The minimum Gasteiger partial charge on any atom is -0.496 e. The second-order valence-electron chi connectivity index (χ2n) is 6.12. The van der Waals surface area contributed by atoms with Gasteiger partial charge in [-0.2, -0.15) is 0 Å². The minimum absolute atomic E-state index is 0.0626. The molecule has 0 spiro atoms. The Kier molecular flexibility index (Phi) is 6.46. The molecule has 1 aliphatic heterocycles. The summed E-state index contributed by atoms with van der Waals surface area (Å²) in [5, 5.41) is 0.675. The van der Waals surface area contributed by atoms with Gasteiger partial charge in [-0.15, -0.1) is 0 Å². The van der Waals surface area contributed by atoms with E-state index in [4.69, 9.17) is 9.47 Å². The fourth-order valence-corrected chi connectivity index (χ4v) is 4.31. The van der Waals surface area contributed by atoms with Crippen molar-refractivity contribution in [2.75, 3.05) is 20.8 Å². The van der Waals surface area contributed by atoms with E-state index < -0.39 is 0 Å². The van der Waals surface area contributed by atoms with Crippen molar-refractivity contribution in [1.29, 1.82) is 0 Å². The van der Waals surface area contributed by atoms with Crippen LogP contribution in [0, 0.1) is 6.92 Å². The summed E-state index contributed by atoms with van der Waals surface area (Å²) in [6, 6.07) is 11.6. The number of methoxy groups -OCH3 is 2. The molecule has 1 aliphatic rings. The summed E-state index contributed by atoms with van der Waals surface area (Å²) in [4.78, 5) is 19.8. The summed E-state index contributed by atoms with van der Waals surface area (Å²) in [6.45, 7) is 4.53. The van der Waals surface area contributed by atoms with Gasteiger partial charge in [-0.05, 0) is 65.8 Å². The van der Waals surface area contributed by atoms with E-state index in [1.54, 1.807) is 25.2 Å². The van der Waals surface area contributed by atoms with Gasteiger partial charge in [0.2, 0.25) is 0 Å². The Morgan fingerprint density at radius 2 is 1.82 bits per heavy atom. The van der Waals surface area contributed by atoms with Crippen LogP contribution in [0.3, 0.4) is 0 Å². The Bertz CT molecular complexity index is 955. The molecule has 0 N–H and O–H groups in total. The van der Waals surface area contributed by atoms with Gasteiger partial charge >= 0.3 is 0 Å². The van der Waals surface area contributed by atoms with Gasteiger partial charge < -0.3 is 9.47 Å². The number of halogens is 1. The first-order valence-corrected chi connectivity index (χ1v) is 10.4. The van der Waals surface area contributed by atoms with E-state index >= 15 is 0 Å². The molecule has 0 saturated carbocycles. The van der Waals surface area contributed by atoms with Crippen molar-refractivity contribution in [3.8, 4) is 11.5 Å². The highest BCUT2D eigenvalue weighted by Gasteiger charge is 2.32. The third kappa shape index (κ3) is 4.25. The largest absolute Gasteiger partial charge is 0.496 e. The van der Waals surface area contributed by atoms with Crippen LogP contribution in [0.4, 0.5) is 5.69 Å². The van der Waals surface area contributed by atoms with Gasteiger partial charge in [-0.3, -0.25) is 9.69 Å². The Labute approximate surface area is 177 Å². The first kappa shape index (κ1) is 20.5. The Balaban J connectivity index is 1.98. The molecule has 1 saturated heterocycles. The van der Waals surface area contributed by atoms with E-state index in [0.717, 1.165) is 15.7 Å². The number of nitrogens with zero attached hydrogens (tertiary/aromatic N) is 2. The first-order chi connectivity index (χ1) is 13.5. The van der Waals surface area contributed by atoms with Crippen molar-refractivity contribution in [3.63, 3.8) is 0 Å². The van der Waals surface area contributed by atoms with Crippen molar-refractivity contribution in [3.05, 3.63) is 56.9 Å². The second kappa shape index (κ2) is 8.84. The van der Waals surface area contributed by atoms with Crippen molar-refractivity contribution >= 4 is 50.5 Å². The third-order valence-electron chi connectivity index (χ3n) is 4.25. The number of benzene rings is 2. The molecular weight excluding hydrogens is 440 g/mol. The second-order valence-corrected chi connectivity index (χ2v) is 7.98. The molecule has 28 heavy (non-hydrogen) atoms. The van der Waals surface area contributed by atoms with Crippen LogP contribution in [-0.2, 0) is 4.79 Å². The standard InChI is InChI=1S/C21H21BrN2O3S/c1-5-24-20(25)19(28-21(24)23-15-8-6-13(2)7-9-15)11-14-10-16(22)18(27-4)12-17(14)26-3/h6-12H,5H2,1-4H3/b19-11+,23-21?. The number of rotatable bonds is 5. The predicted octanol–water partition coefficient (Wildman–Crippen LogP) is 5.40. The molecule has 0 atom stereocenters. The maximum absolute atomic E-state index is 12.9. The maximum atomic E-state index is 12.9. The van der Waals surface area contributed by atoms with E-state index in [1.165, 1.54) is 17.3 Å². The van der Waals surface area contributed by atoms with E-state index in [-0.39, 0.29) is 5.91 Å². The molecule has 1 heterocycles. The number of ether oxygens (including phenoxy) is 2. The lowest BCUT2D eigenvalue weighted by atomic mass is 10.1. The Morgan fingerprint density at radius 1 is 1.14 bits per heavy atom. The van der Waals surface area contributed by atoms with Gasteiger partial charge in [0.1, 0.15) is 11.5 Å². The van der Waals surface area contributed by atoms with E-state index in [1.807, 2.05) is 50.3 Å². The van der Waals surface area contributed by atoms with Crippen LogP contribution in [0.15, 0.2) is 50.8 Å². The average molecular weight is 461 g/mol. The monoisotopic (exact) mass is 460 g/mol. The Morgan fingerprint density at radius 3 is 2.43 bits per heavy atom. The molecule has 0 aromatic heterocycles. The molecular formula is C21H21BrN2O3S. The number of carbonyl (C=O) groups excluding carboxylic acids is 1. The molecule has 0 radical (unpaired) electrons. The number of amidine groups is 1. The van der Waals surface area contributed by atoms with Crippen LogP contribution < -0.4 is 9.47 Å². The number of hydrogen-bond donors (Lipinski definition) is 0. The van der Waals surface area contributed by atoms with Crippen LogP contribution in [0.1, 0.15) is 18.1 Å². The summed E-state index contributed by atoms with van der Waals surface area (Å²) < 4.78 is 11.6. The lowest BCUT2D eigenvalue weighted by Gasteiger charge is -2.12. The van der Waals surface area contributed by atoms with Crippen LogP contribution in [0.25, 0.3) is 6.08 Å². The molecule has 1 amide bonds. The molecule has 0 aliphatic carbocycles. The van der Waals surface area contributed by atoms with E-state index in [9.17, 15) is 4.79 Å². The summed E-state index contributed by atoms with van der Waals surface area (Å²) >= 11 is 4.85. The fourth-order valence-electron chi connectivity index (χ4n) is 2.74. The highest BCUT2D eigenvalue weighted by molar-refractivity contribution is 9.10. The number of aryl methyl sites for hydroxylation is 1. The molecule has 5 nitrogen and oxygen atoms in total. The molecule has 3 rings (SSSR count). The van der Waals surface area contributed by atoms with E-state index in [0.29, 0.717) is 28.1 Å². The van der Waals surface area contributed by atoms with Crippen LogP contribution in [0.5, 0.6) is 11.5 Å². The van der Waals surface area contributed by atoms with Gasteiger partial charge in [0, 0.05) is 18.2 Å². The molecule has 1 fully saturated rings. The Hall–Kier alpha value is -2.25. The van der Waals surface area contributed by atoms with Crippen molar-refractivity contribution in [1.82, 2.24) is 4.90 Å². The molecule has 2 aromatic rings. The highest BCUT2D eigenvalue weighted by Crippen LogP contribution is 2.38. The predicted molar refractivity (Wildman–Crippen MR) is 118 cm³/mol. The highest BCUT2D eigenvalue weighted by atomic mass is 79.9. The van der Waals surface area contributed by atoms with Crippen LogP contribution in [0.2, 0.25) is 0 Å². The van der Waals surface area contributed by atoms with E-state index in [2.05, 4.69) is 20.9 Å². The average Bonchev–Trinajstić information content (AvgIpc) is 2.98. The molecule has 0 bridgehead atoms. The number of thioether (sulfide) groups is 1. The zero-order valence-corrected chi connectivity index (χ0v) is 18.6. The summed E-state index contributed by atoms with van der Waals surface area (Å²) in [6.07, 6.45) is 1.83. The summed E-state index contributed by atoms with van der Waals surface area (Å²) in [5.41, 5.74) is 2.79.